The molecule has 3 atom stereocenters. The summed E-state index contributed by atoms with van der Waals surface area (Å²) in [6, 6.07) is 19.3. The Kier molecular flexibility index (Phi) is 6.18. The van der Waals surface area contributed by atoms with Crippen LogP contribution < -0.4 is 4.18 Å². The molecule has 3 aromatic carbocycles. The van der Waals surface area contributed by atoms with E-state index in [0.29, 0.717) is 19.3 Å². The third-order valence-corrected chi connectivity index (χ3v) is 9.59. The van der Waals surface area contributed by atoms with E-state index < -0.39 is 38.7 Å². The predicted octanol–water partition coefficient (Wildman–Crippen LogP) is 7.49. The number of benzene rings is 3. The lowest BCUT2D eigenvalue weighted by molar-refractivity contribution is -0.0500. The Labute approximate surface area is 229 Å². The fourth-order valence-corrected chi connectivity index (χ4v) is 7.55. The monoisotopic (exact) mass is 566 g/mol. The summed E-state index contributed by atoms with van der Waals surface area (Å²) in [4.78, 5) is 12.0. The van der Waals surface area contributed by atoms with Crippen LogP contribution in [0.15, 0.2) is 78.9 Å². The smallest absolute Gasteiger partial charge is 0.478 e. The first-order valence-electron chi connectivity index (χ1n) is 13.0. The van der Waals surface area contributed by atoms with Crippen molar-refractivity contribution < 1.29 is 35.7 Å². The number of rotatable bonds is 6. The summed E-state index contributed by atoms with van der Waals surface area (Å²) in [6.07, 6.45) is 10.2. The van der Waals surface area contributed by atoms with Crippen LogP contribution >= 0.6 is 0 Å². The lowest BCUT2D eigenvalue weighted by Crippen LogP contribution is -2.36. The van der Waals surface area contributed by atoms with E-state index in [1.807, 2.05) is 60.7 Å². The van der Waals surface area contributed by atoms with E-state index in [-0.39, 0.29) is 23.0 Å². The summed E-state index contributed by atoms with van der Waals surface area (Å²) >= 11 is 0. The minimum Gasteiger partial charge on any atom is -0.478 e. The zero-order chi connectivity index (χ0) is 28.3. The number of carboxylic acids is 1. The summed E-state index contributed by atoms with van der Waals surface area (Å²) in [6.45, 7) is 0. The van der Waals surface area contributed by atoms with Crippen LogP contribution in [0.1, 0.15) is 75.2 Å². The molecule has 3 unspecified atom stereocenters. The van der Waals surface area contributed by atoms with Crippen LogP contribution in [0, 0.1) is 5.41 Å². The topological polar surface area (TPSA) is 80.7 Å². The van der Waals surface area contributed by atoms with Gasteiger partial charge in [-0.05, 0) is 64.6 Å². The van der Waals surface area contributed by atoms with E-state index in [9.17, 15) is 31.5 Å². The summed E-state index contributed by atoms with van der Waals surface area (Å²) in [5.41, 5.74) is -2.03. The summed E-state index contributed by atoms with van der Waals surface area (Å²) in [7, 11) is -5.98. The lowest BCUT2D eigenvalue weighted by atomic mass is 9.57. The Hall–Kier alpha value is -3.85. The van der Waals surface area contributed by atoms with E-state index in [0.717, 1.165) is 34.4 Å². The normalized spacial score (nSPS) is 25.1. The van der Waals surface area contributed by atoms with Crippen molar-refractivity contribution in [2.45, 2.75) is 42.5 Å². The van der Waals surface area contributed by atoms with Crippen molar-refractivity contribution in [1.82, 2.24) is 0 Å². The zero-order valence-electron chi connectivity index (χ0n) is 21.1. The number of hydrogen-bond acceptors (Lipinski definition) is 4. The maximum atomic E-state index is 13.4. The minimum absolute atomic E-state index is 0.154. The quantitative estimate of drug-likeness (QED) is 0.247. The molecule has 0 saturated heterocycles. The minimum atomic E-state index is -5.98. The molecule has 5 nitrogen and oxygen atoms in total. The Bertz CT molecular complexity index is 1610. The van der Waals surface area contributed by atoms with Gasteiger partial charge in [-0.3, -0.25) is 0 Å². The van der Waals surface area contributed by atoms with Gasteiger partial charge in [0.05, 0.1) is 5.56 Å². The Morgan fingerprint density at radius 1 is 0.875 bits per heavy atom. The first-order chi connectivity index (χ1) is 19.0. The van der Waals surface area contributed by atoms with Crippen molar-refractivity contribution in [2.24, 2.45) is 5.41 Å². The van der Waals surface area contributed by atoms with Crippen molar-refractivity contribution in [3.8, 4) is 5.75 Å². The molecule has 0 radical (unpaired) electrons. The molecular formula is C31H25F3O5S. The van der Waals surface area contributed by atoms with Crippen LogP contribution in [-0.2, 0) is 10.1 Å². The van der Waals surface area contributed by atoms with Crippen molar-refractivity contribution in [1.29, 1.82) is 0 Å². The van der Waals surface area contributed by atoms with E-state index >= 15 is 0 Å². The molecule has 3 aromatic rings. The molecule has 1 fully saturated rings. The molecule has 1 saturated carbocycles. The number of halogens is 3. The number of alkyl halides is 3. The van der Waals surface area contributed by atoms with Gasteiger partial charge in [-0.1, -0.05) is 79.3 Å². The van der Waals surface area contributed by atoms with Gasteiger partial charge in [0.15, 0.2) is 0 Å². The molecule has 206 valence electrons. The SMILES string of the molecule is O=C(O)c1ccc(OS(=O)(=O)C(F)(F)F)c(C2CCCC2(C2C=Cc3ccccc32)C2C=Cc3ccccc32)c1. The second kappa shape index (κ2) is 9.37. The van der Waals surface area contributed by atoms with Crippen LogP contribution in [0.2, 0.25) is 0 Å². The van der Waals surface area contributed by atoms with Crippen LogP contribution in [0.3, 0.4) is 0 Å². The van der Waals surface area contributed by atoms with Gasteiger partial charge in [0.2, 0.25) is 0 Å². The average molecular weight is 567 g/mol. The highest BCUT2D eigenvalue weighted by atomic mass is 32.2. The van der Waals surface area contributed by atoms with Crippen molar-refractivity contribution in [3.63, 3.8) is 0 Å². The first kappa shape index (κ1) is 26.4. The van der Waals surface area contributed by atoms with Gasteiger partial charge in [0.1, 0.15) is 5.75 Å². The van der Waals surface area contributed by atoms with E-state index in [1.54, 1.807) is 0 Å². The first-order valence-corrected chi connectivity index (χ1v) is 14.4. The molecule has 0 heterocycles. The molecule has 0 spiro atoms. The number of hydrogen-bond donors (Lipinski definition) is 1. The van der Waals surface area contributed by atoms with Gasteiger partial charge < -0.3 is 9.29 Å². The van der Waals surface area contributed by atoms with Crippen molar-refractivity contribution in [3.05, 3.63) is 112 Å². The van der Waals surface area contributed by atoms with Gasteiger partial charge in [0.25, 0.3) is 0 Å². The fraction of sp³-hybridized carbons (Fsp3) is 0.258. The Morgan fingerprint density at radius 3 is 2.00 bits per heavy atom. The fourth-order valence-electron chi connectivity index (χ4n) is 7.07. The number of carbonyl (C=O) groups is 1. The van der Waals surface area contributed by atoms with Gasteiger partial charge >= 0.3 is 21.6 Å². The Morgan fingerprint density at radius 2 is 1.45 bits per heavy atom. The van der Waals surface area contributed by atoms with Gasteiger partial charge in [0, 0.05) is 17.4 Å². The van der Waals surface area contributed by atoms with Gasteiger partial charge in [-0.15, -0.1) is 0 Å². The van der Waals surface area contributed by atoms with Crippen molar-refractivity contribution >= 4 is 28.2 Å². The summed E-state index contributed by atoms with van der Waals surface area (Å²) in [5, 5.41) is 9.76. The van der Waals surface area contributed by atoms with Gasteiger partial charge in [-0.2, -0.15) is 21.6 Å². The summed E-state index contributed by atoms with van der Waals surface area (Å²) < 4.78 is 69.1. The molecule has 9 heteroatoms. The van der Waals surface area contributed by atoms with E-state index in [1.165, 1.54) is 6.07 Å². The third kappa shape index (κ3) is 4.06. The van der Waals surface area contributed by atoms with Crippen LogP contribution in [0.25, 0.3) is 12.2 Å². The second-order valence-corrected chi connectivity index (χ2v) is 12.1. The molecule has 1 N–H and O–H groups in total. The molecule has 0 aromatic heterocycles. The second-order valence-electron chi connectivity index (χ2n) is 10.5. The van der Waals surface area contributed by atoms with Crippen molar-refractivity contribution in [2.75, 3.05) is 0 Å². The molecule has 0 bridgehead atoms. The predicted molar refractivity (Wildman–Crippen MR) is 144 cm³/mol. The highest BCUT2D eigenvalue weighted by Crippen LogP contribution is 2.67. The number of fused-ring (bicyclic) bond motifs is 2. The zero-order valence-corrected chi connectivity index (χ0v) is 22.0. The number of carboxylic acid groups (broad SMARTS) is 1. The molecule has 3 aliphatic rings. The molecular weight excluding hydrogens is 541 g/mol. The molecule has 6 rings (SSSR count). The molecule has 3 aliphatic carbocycles. The van der Waals surface area contributed by atoms with Crippen LogP contribution in [0.4, 0.5) is 13.2 Å². The van der Waals surface area contributed by atoms with E-state index in [4.69, 9.17) is 4.18 Å². The molecule has 40 heavy (non-hydrogen) atoms. The Balaban J connectivity index is 1.58. The maximum Gasteiger partial charge on any atom is 0.534 e. The van der Waals surface area contributed by atoms with Crippen LogP contribution in [0.5, 0.6) is 5.75 Å². The lowest BCUT2D eigenvalue weighted by Gasteiger charge is -2.46. The van der Waals surface area contributed by atoms with Crippen LogP contribution in [-0.4, -0.2) is 25.0 Å². The van der Waals surface area contributed by atoms with Gasteiger partial charge in [-0.25, -0.2) is 4.79 Å². The third-order valence-electron chi connectivity index (χ3n) is 8.62. The molecule has 0 amide bonds. The highest BCUT2D eigenvalue weighted by molar-refractivity contribution is 7.88. The summed E-state index contributed by atoms with van der Waals surface area (Å²) in [5.74, 6) is -2.58. The number of aromatic carboxylic acids is 1. The largest absolute Gasteiger partial charge is 0.534 e. The number of allylic oxidation sites excluding steroid dienone is 2. The van der Waals surface area contributed by atoms with E-state index in [2.05, 4.69) is 12.2 Å². The average Bonchev–Trinajstić information content (AvgIpc) is 3.65. The maximum absolute atomic E-state index is 13.4. The standard InChI is InChI=1S/C31H25F3O5S/c32-31(33,34)40(37,38)39-28-16-13-21(29(35)36)18-24(28)25-10-5-17-30(25,26-14-11-19-6-1-3-8-22(19)26)27-15-12-20-7-2-4-9-23(20)27/h1-4,6-9,11-16,18,25-27H,5,10,17H2,(H,35,36). The highest BCUT2D eigenvalue weighted by Gasteiger charge is 2.56. The molecule has 0 aliphatic heterocycles.